The fourth-order valence-corrected chi connectivity index (χ4v) is 2.03. The number of benzene rings is 1. The van der Waals surface area contributed by atoms with E-state index in [0.29, 0.717) is 5.56 Å². The molecular formula is C13H15NO6. The number of hydrogen-bond donors (Lipinski definition) is 1. The van der Waals surface area contributed by atoms with Crippen LogP contribution in [0.2, 0.25) is 0 Å². The molecule has 0 bridgehead atoms. The number of aryl methyl sites for hydroxylation is 1. The number of rotatable bonds is 6. The van der Waals surface area contributed by atoms with Crippen LogP contribution in [0.3, 0.4) is 0 Å². The molecule has 0 aromatic heterocycles. The Bertz CT molecular complexity index is 527. The van der Waals surface area contributed by atoms with E-state index in [1.165, 1.54) is 0 Å². The van der Waals surface area contributed by atoms with Crippen LogP contribution in [-0.4, -0.2) is 35.6 Å². The first-order chi connectivity index (χ1) is 9.36. The number of carboxylic acid groups (broad SMARTS) is 1. The molecule has 0 fully saturated rings. The molecule has 0 aliphatic rings. The van der Waals surface area contributed by atoms with Crippen molar-refractivity contribution in [3.05, 3.63) is 45.5 Å². The Morgan fingerprint density at radius 2 is 2.10 bits per heavy atom. The van der Waals surface area contributed by atoms with Crippen LogP contribution in [0.4, 0.5) is 0 Å². The molecule has 1 aromatic rings. The molecule has 1 N–H and O–H groups in total. The Labute approximate surface area is 115 Å². The highest BCUT2D eigenvalue weighted by Crippen LogP contribution is 2.27. The summed E-state index contributed by atoms with van der Waals surface area (Å²) in [5, 5.41) is 19.9. The molecule has 0 aliphatic heterocycles. The average molecular weight is 281 g/mol. The zero-order valence-electron chi connectivity index (χ0n) is 11.1. The summed E-state index contributed by atoms with van der Waals surface area (Å²) >= 11 is 0. The van der Waals surface area contributed by atoms with Gasteiger partial charge in [0.2, 0.25) is 6.54 Å². The van der Waals surface area contributed by atoms with Crippen molar-refractivity contribution in [2.24, 2.45) is 5.92 Å². The molecule has 108 valence electrons. The number of carbonyl (C=O) groups is 2. The third-order valence-corrected chi connectivity index (χ3v) is 2.94. The van der Waals surface area contributed by atoms with E-state index in [0.717, 1.165) is 12.7 Å². The molecule has 2 atom stereocenters. The molecule has 1 aromatic carbocycles. The highest BCUT2D eigenvalue weighted by Gasteiger charge is 2.39. The predicted octanol–water partition coefficient (Wildman–Crippen LogP) is 1.23. The van der Waals surface area contributed by atoms with Crippen LogP contribution in [0.25, 0.3) is 0 Å². The number of aliphatic carboxylic acids is 1. The van der Waals surface area contributed by atoms with Gasteiger partial charge in [0.05, 0.1) is 13.0 Å². The molecule has 7 nitrogen and oxygen atoms in total. The van der Waals surface area contributed by atoms with E-state index in [1.807, 2.05) is 0 Å². The zero-order chi connectivity index (χ0) is 15.3. The fourth-order valence-electron chi connectivity index (χ4n) is 2.03. The summed E-state index contributed by atoms with van der Waals surface area (Å²) < 4.78 is 4.45. The summed E-state index contributed by atoms with van der Waals surface area (Å²) in [7, 11) is 1.05. The summed E-state index contributed by atoms with van der Waals surface area (Å²) in [6.07, 6.45) is 0. The summed E-state index contributed by atoms with van der Waals surface area (Å²) in [5.74, 6) is -5.11. The lowest BCUT2D eigenvalue weighted by atomic mass is 9.85. The first-order valence-electron chi connectivity index (χ1n) is 5.85. The van der Waals surface area contributed by atoms with Crippen molar-refractivity contribution in [1.82, 2.24) is 0 Å². The van der Waals surface area contributed by atoms with Crippen molar-refractivity contribution in [2.75, 3.05) is 13.7 Å². The van der Waals surface area contributed by atoms with Crippen LogP contribution < -0.4 is 0 Å². The molecular weight excluding hydrogens is 266 g/mol. The first-order valence-corrected chi connectivity index (χ1v) is 5.85. The fraction of sp³-hybridized carbons (Fsp3) is 0.385. The molecule has 0 aliphatic carbocycles. The smallest absolute Gasteiger partial charge is 0.320 e. The van der Waals surface area contributed by atoms with Gasteiger partial charge in [-0.05, 0) is 12.5 Å². The molecule has 0 amide bonds. The topological polar surface area (TPSA) is 107 Å². The van der Waals surface area contributed by atoms with Crippen LogP contribution in [0.15, 0.2) is 24.3 Å². The number of hydrogen-bond acceptors (Lipinski definition) is 5. The largest absolute Gasteiger partial charge is 0.481 e. The second kappa shape index (κ2) is 6.65. The molecule has 2 unspecified atom stereocenters. The molecule has 7 heteroatoms. The monoisotopic (exact) mass is 281 g/mol. The molecule has 0 saturated heterocycles. The number of methoxy groups -OCH3 is 1. The standard InChI is InChI=1S/C13H15NO6/c1-8-4-3-5-9(6-8)10(7-14(18)19)11(12(15)16)13(17)20-2/h3-6,10-11H,7H2,1-2H3,(H,15,16). The maximum Gasteiger partial charge on any atom is 0.320 e. The minimum Gasteiger partial charge on any atom is -0.481 e. The highest BCUT2D eigenvalue weighted by atomic mass is 16.6. The van der Waals surface area contributed by atoms with Crippen molar-refractivity contribution in [1.29, 1.82) is 0 Å². The molecule has 0 heterocycles. The summed E-state index contributed by atoms with van der Waals surface area (Å²) in [6.45, 7) is 1.12. The summed E-state index contributed by atoms with van der Waals surface area (Å²) in [6, 6.07) is 6.64. The van der Waals surface area contributed by atoms with E-state index in [1.54, 1.807) is 31.2 Å². The number of carbonyl (C=O) groups excluding carboxylic acids is 1. The van der Waals surface area contributed by atoms with E-state index in [9.17, 15) is 19.7 Å². The maximum atomic E-state index is 11.6. The second-order valence-corrected chi connectivity index (χ2v) is 4.38. The van der Waals surface area contributed by atoms with Gasteiger partial charge in [-0.15, -0.1) is 0 Å². The zero-order valence-corrected chi connectivity index (χ0v) is 11.1. The predicted molar refractivity (Wildman–Crippen MR) is 68.9 cm³/mol. The minimum absolute atomic E-state index is 0.430. The highest BCUT2D eigenvalue weighted by molar-refractivity contribution is 5.95. The van der Waals surface area contributed by atoms with Gasteiger partial charge in [0, 0.05) is 4.92 Å². The Hall–Kier alpha value is -2.44. The third kappa shape index (κ3) is 3.78. The Morgan fingerprint density at radius 3 is 2.55 bits per heavy atom. The number of esters is 1. The normalized spacial score (nSPS) is 13.3. The van der Waals surface area contributed by atoms with Crippen LogP contribution in [0.1, 0.15) is 17.0 Å². The van der Waals surface area contributed by atoms with Gasteiger partial charge in [0.1, 0.15) is 0 Å². The second-order valence-electron chi connectivity index (χ2n) is 4.38. The van der Waals surface area contributed by atoms with Crippen molar-refractivity contribution in [2.45, 2.75) is 12.8 Å². The Kier molecular flexibility index (Phi) is 5.19. The van der Waals surface area contributed by atoms with Gasteiger partial charge in [-0.2, -0.15) is 0 Å². The lowest BCUT2D eigenvalue weighted by molar-refractivity contribution is -0.484. The Balaban J connectivity index is 3.25. The number of nitro groups is 1. The van der Waals surface area contributed by atoms with Crippen LogP contribution in [0, 0.1) is 23.0 Å². The lowest BCUT2D eigenvalue weighted by Gasteiger charge is -2.19. The van der Waals surface area contributed by atoms with Crippen molar-refractivity contribution < 1.29 is 24.4 Å². The minimum atomic E-state index is -1.60. The SMILES string of the molecule is COC(=O)C(C(=O)O)C(C[N+](=O)[O-])c1cccc(C)c1. The quantitative estimate of drug-likeness (QED) is 0.364. The molecule has 20 heavy (non-hydrogen) atoms. The third-order valence-electron chi connectivity index (χ3n) is 2.94. The van der Waals surface area contributed by atoms with Gasteiger partial charge in [-0.1, -0.05) is 29.8 Å². The van der Waals surface area contributed by atoms with Crippen LogP contribution in [-0.2, 0) is 14.3 Å². The average Bonchev–Trinajstić information content (AvgIpc) is 2.36. The van der Waals surface area contributed by atoms with Gasteiger partial charge in [-0.25, -0.2) is 0 Å². The number of nitrogens with zero attached hydrogens (tertiary/aromatic N) is 1. The van der Waals surface area contributed by atoms with Crippen molar-refractivity contribution >= 4 is 11.9 Å². The van der Waals surface area contributed by atoms with Gasteiger partial charge in [0.15, 0.2) is 5.92 Å². The maximum absolute atomic E-state index is 11.6. The van der Waals surface area contributed by atoms with Crippen LogP contribution >= 0.6 is 0 Å². The van der Waals surface area contributed by atoms with E-state index in [4.69, 9.17) is 5.11 Å². The van der Waals surface area contributed by atoms with Crippen molar-refractivity contribution in [3.63, 3.8) is 0 Å². The lowest BCUT2D eigenvalue weighted by Crippen LogP contribution is -2.34. The number of carboxylic acids is 1. The molecule has 1 rings (SSSR count). The summed E-state index contributed by atoms with van der Waals surface area (Å²) in [4.78, 5) is 33.0. The van der Waals surface area contributed by atoms with Gasteiger partial charge in [-0.3, -0.25) is 19.7 Å². The van der Waals surface area contributed by atoms with Gasteiger partial charge < -0.3 is 9.84 Å². The van der Waals surface area contributed by atoms with E-state index >= 15 is 0 Å². The molecule has 0 spiro atoms. The summed E-state index contributed by atoms with van der Waals surface area (Å²) in [5.41, 5.74) is 1.25. The van der Waals surface area contributed by atoms with E-state index in [-0.39, 0.29) is 0 Å². The first kappa shape index (κ1) is 15.6. The number of ether oxygens (including phenoxy) is 1. The molecule has 0 radical (unpaired) electrons. The van der Waals surface area contributed by atoms with Gasteiger partial charge >= 0.3 is 11.9 Å². The van der Waals surface area contributed by atoms with Crippen molar-refractivity contribution in [3.8, 4) is 0 Å². The molecule has 0 saturated carbocycles. The van der Waals surface area contributed by atoms with E-state index < -0.39 is 35.2 Å². The van der Waals surface area contributed by atoms with Crippen LogP contribution in [0.5, 0.6) is 0 Å². The van der Waals surface area contributed by atoms with E-state index in [2.05, 4.69) is 4.74 Å². The Morgan fingerprint density at radius 1 is 1.45 bits per heavy atom. The van der Waals surface area contributed by atoms with Gasteiger partial charge in [0.25, 0.3) is 0 Å².